The van der Waals surface area contributed by atoms with E-state index in [1.807, 2.05) is 0 Å². The van der Waals surface area contributed by atoms with Gasteiger partial charge in [-0.15, -0.1) is 0 Å². The van der Waals surface area contributed by atoms with E-state index in [4.69, 9.17) is 9.52 Å². The number of hydrogen-bond donors (Lipinski definition) is 1. The van der Waals surface area contributed by atoms with Crippen LogP contribution in [0, 0.1) is 0 Å². The quantitative estimate of drug-likeness (QED) is 0.932. The van der Waals surface area contributed by atoms with Crippen molar-refractivity contribution >= 4 is 5.97 Å². The van der Waals surface area contributed by atoms with E-state index in [-0.39, 0.29) is 17.2 Å². The van der Waals surface area contributed by atoms with E-state index in [2.05, 4.69) is 4.98 Å². The molecule has 0 aliphatic carbocycles. The second-order valence-corrected chi connectivity index (χ2v) is 3.75. The minimum atomic E-state index is -4.53. The first-order valence-electron chi connectivity index (χ1n) is 5.21. The Morgan fingerprint density at radius 1 is 1.32 bits per heavy atom. The Morgan fingerprint density at radius 3 is 2.63 bits per heavy atom. The molecule has 1 aromatic heterocycles. The van der Waals surface area contributed by atoms with Gasteiger partial charge in [0.25, 0.3) is 0 Å². The molecule has 0 atom stereocenters. The molecule has 19 heavy (non-hydrogen) atoms. The van der Waals surface area contributed by atoms with E-state index < -0.39 is 24.1 Å². The summed E-state index contributed by atoms with van der Waals surface area (Å²) in [6, 6.07) is 4.81. The van der Waals surface area contributed by atoms with Crippen LogP contribution in [-0.2, 0) is 17.4 Å². The minimum absolute atomic E-state index is 0.000484. The predicted molar refractivity (Wildman–Crippen MR) is 58.3 cm³/mol. The Kier molecular flexibility index (Phi) is 3.28. The topological polar surface area (TPSA) is 63.3 Å². The largest absolute Gasteiger partial charge is 0.481 e. The molecule has 0 radical (unpaired) electrons. The van der Waals surface area contributed by atoms with Crippen LogP contribution in [0.15, 0.2) is 34.9 Å². The molecule has 0 unspecified atom stereocenters. The molecule has 0 saturated heterocycles. The number of aromatic nitrogens is 1. The molecule has 0 saturated carbocycles. The molecule has 0 bridgehead atoms. The van der Waals surface area contributed by atoms with Crippen molar-refractivity contribution in [1.29, 1.82) is 0 Å². The lowest BCUT2D eigenvalue weighted by molar-refractivity contribution is -0.138. The van der Waals surface area contributed by atoms with Gasteiger partial charge in [-0.05, 0) is 12.1 Å². The van der Waals surface area contributed by atoms with Gasteiger partial charge in [0.15, 0.2) is 0 Å². The molecule has 0 aliphatic heterocycles. The van der Waals surface area contributed by atoms with Crippen molar-refractivity contribution in [2.24, 2.45) is 0 Å². The summed E-state index contributed by atoms with van der Waals surface area (Å²) in [5.41, 5.74) is -1.09. The molecule has 1 heterocycles. The molecule has 2 rings (SSSR count). The number of benzene rings is 1. The van der Waals surface area contributed by atoms with Gasteiger partial charge in [0.1, 0.15) is 12.2 Å². The van der Waals surface area contributed by atoms with Gasteiger partial charge in [-0.3, -0.25) is 4.79 Å². The molecule has 0 spiro atoms. The fourth-order valence-corrected chi connectivity index (χ4v) is 1.58. The Balaban J connectivity index is 2.42. The highest BCUT2D eigenvalue weighted by Gasteiger charge is 2.34. The summed E-state index contributed by atoms with van der Waals surface area (Å²) in [7, 11) is 0. The number of hydrogen-bond acceptors (Lipinski definition) is 3. The minimum Gasteiger partial charge on any atom is -0.481 e. The number of aliphatic carboxylic acids is 1. The van der Waals surface area contributed by atoms with Gasteiger partial charge in [0.2, 0.25) is 5.89 Å². The van der Waals surface area contributed by atoms with Crippen LogP contribution in [0.4, 0.5) is 13.2 Å². The number of oxazole rings is 1. The monoisotopic (exact) mass is 271 g/mol. The van der Waals surface area contributed by atoms with Gasteiger partial charge in [-0.2, -0.15) is 13.2 Å². The summed E-state index contributed by atoms with van der Waals surface area (Å²) < 4.78 is 43.4. The van der Waals surface area contributed by atoms with Crippen LogP contribution >= 0.6 is 0 Å². The Morgan fingerprint density at radius 2 is 2.00 bits per heavy atom. The normalized spacial score (nSPS) is 11.5. The van der Waals surface area contributed by atoms with Crippen LogP contribution in [0.3, 0.4) is 0 Å². The summed E-state index contributed by atoms with van der Waals surface area (Å²) in [6.07, 6.45) is -3.85. The lowest BCUT2D eigenvalue weighted by Gasteiger charge is -2.09. The number of halogens is 3. The third-order valence-corrected chi connectivity index (χ3v) is 2.34. The SMILES string of the molecule is O=C(O)Cc1cnc(-c2ccccc2C(F)(F)F)o1. The number of nitrogens with zero attached hydrogens (tertiary/aromatic N) is 1. The Hall–Kier alpha value is -2.31. The fraction of sp³-hybridized carbons (Fsp3) is 0.167. The molecule has 0 aliphatic rings. The average Bonchev–Trinajstić information content (AvgIpc) is 2.75. The fourth-order valence-electron chi connectivity index (χ4n) is 1.58. The highest BCUT2D eigenvalue weighted by molar-refractivity contribution is 5.69. The van der Waals surface area contributed by atoms with E-state index in [1.54, 1.807) is 0 Å². The maximum absolute atomic E-state index is 12.8. The smallest absolute Gasteiger partial charge is 0.417 e. The highest BCUT2D eigenvalue weighted by atomic mass is 19.4. The molecule has 2 aromatic rings. The number of carbonyl (C=O) groups is 1. The number of carboxylic acids is 1. The zero-order chi connectivity index (χ0) is 14.0. The second-order valence-electron chi connectivity index (χ2n) is 3.75. The van der Waals surface area contributed by atoms with Gasteiger partial charge >= 0.3 is 12.1 Å². The maximum atomic E-state index is 12.8. The average molecular weight is 271 g/mol. The number of carboxylic acid groups (broad SMARTS) is 1. The predicted octanol–water partition coefficient (Wildman–Crippen LogP) is 2.99. The molecule has 1 aromatic carbocycles. The molecular weight excluding hydrogens is 263 g/mol. The molecule has 4 nitrogen and oxygen atoms in total. The first-order valence-corrected chi connectivity index (χ1v) is 5.21. The molecule has 0 amide bonds. The van der Waals surface area contributed by atoms with Crippen molar-refractivity contribution in [3.63, 3.8) is 0 Å². The molecule has 1 N–H and O–H groups in total. The summed E-state index contributed by atoms with van der Waals surface area (Å²) in [4.78, 5) is 14.2. The van der Waals surface area contributed by atoms with E-state index >= 15 is 0 Å². The van der Waals surface area contributed by atoms with Crippen molar-refractivity contribution in [2.75, 3.05) is 0 Å². The third-order valence-electron chi connectivity index (χ3n) is 2.34. The first-order chi connectivity index (χ1) is 8.88. The first kappa shape index (κ1) is 13.1. The van der Waals surface area contributed by atoms with Gasteiger partial charge in [-0.1, -0.05) is 12.1 Å². The van der Waals surface area contributed by atoms with Crippen molar-refractivity contribution in [3.8, 4) is 11.5 Å². The molecule has 0 fully saturated rings. The van der Waals surface area contributed by atoms with Crippen LogP contribution in [0.25, 0.3) is 11.5 Å². The van der Waals surface area contributed by atoms with Crippen molar-refractivity contribution < 1.29 is 27.5 Å². The number of rotatable bonds is 3. The van der Waals surface area contributed by atoms with Crippen molar-refractivity contribution in [3.05, 3.63) is 41.8 Å². The van der Waals surface area contributed by atoms with E-state index in [0.29, 0.717) is 0 Å². The molecule has 100 valence electrons. The molecular formula is C12H8F3NO3. The Bertz CT molecular complexity index is 604. The van der Waals surface area contributed by atoms with Gasteiger partial charge in [0.05, 0.1) is 11.8 Å². The van der Waals surface area contributed by atoms with Gasteiger partial charge < -0.3 is 9.52 Å². The Labute approximate surface area is 105 Å². The van der Waals surface area contributed by atoms with Gasteiger partial charge in [0, 0.05) is 5.56 Å². The van der Waals surface area contributed by atoms with Crippen molar-refractivity contribution in [2.45, 2.75) is 12.6 Å². The van der Waals surface area contributed by atoms with E-state index in [1.165, 1.54) is 18.2 Å². The summed E-state index contributed by atoms with van der Waals surface area (Å²) in [6.45, 7) is 0. The standard InChI is InChI=1S/C12H8F3NO3/c13-12(14,15)9-4-2-1-3-8(9)11-16-6-7(19-11)5-10(17)18/h1-4,6H,5H2,(H,17,18). The third kappa shape index (κ3) is 2.93. The van der Waals surface area contributed by atoms with E-state index in [9.17, 15) is 18.0 Å². The summed E-state index contributed by atoms with van der Waals surface area (Å²) in [5.74, 6) is -1.39. The second kappa shape index (κ2) is 4.75. The molecule has 7 heteroatoms. The van der Waals surface area contributed by atoms with E-state index in [0.717, 1.165) is 12.3 Å². The lowest BCUT2D eigenvalue weighted by Crippen LogP contribution is -2.06. The number of alkyl halides is 3. The highest BCUT2D eigenvalue weighted by Crippen LogP contribution is 2.36. The lowest BCUT2D eigenvalue weighted by atomic mass is 10.1. The summed E-state index contributed by atoms with van der Waals surface area (Å²) >= 11 is 0. The van der Waals surface area contributed by atoms with Crippen LogP contribution < -0.4 is 0 Å². The zero-order valence-corrected chi connectivity index (χ0v) is 9.44. The summed E-state index contributed by atoms with van der Waals surface area (Å²) in [5, 5.41) is 8.56. The van der Waals surface area contributed by atoms with Crippen LogP contribution in [0.5, 0.6) is 0 Å². The maximum Gasteiger partial charge on any atom is 0.417 e. The zero-order valence-electron chi connectivity index (χ0n) is 9.44. The van der Waals surface area contributed by atoms with Crippen molar-refractivity contribution in [1.82, 2.24) is 4.98 Å². The van der Waals surface area contributed by atoms with Crippen LogP contribution in [-0.4, -0.2) is 16.1 Å². The van der Waals surface area contributed by atoms with Crippen LogP contribution in [0.1, 0.15) is 11.3 Å². The van der Waals surface area contributed by atoms with Crippen LogP contribution in [0.2, 0.25) is 0 Å². The van der Waals surface area contributed by atoms with Gasteiger partial charge in [-0.25, -0.2) is 4.98 Å².